The van der Waals surface area contributed by atoms with Crippen LogP contribution in [0.1, 0.15) is 24.2 Å². The predicted octanol–water partition coefficient (Wildman–Crippen LogP) is 0.819. The highest BCUT2D eigenvalue weighted by Crippen LogP contribution is 2.07. The second kappa shape index (κ2) is 6.07. The Bertz CT molecular complexity index is 353. The molecule has 0 spiro atoms. The van der Waals surface area contributed by atoms with Gasteiger partial charge in [-0.1, -0.05) is 0 Å². The maximum atomic E-state index is 11.6. The van der Waals surface area contributed by atoms with E-state index in [1.54, 1.807) is 6.07 Å². The topological polar surface area (TPSA) is 77.2 Å². The quantitative estimate of drug-likeness (QED) is 0.724. The minimum absolute atomic E-state index is 0.169. The molecule has 0 aliphatic rings. The van der Waals surface area contributed by atoms with Crippen LogP contribution < -0.4 is 11.1 Å². The molecule has 0 saturated carbocycles. The Balaban J connectivity index is 2.39. The van der Waals surface area contributed by atoms with E-state index in [-0.39, 0.29) is 12.0 Å². The number of hydrogen-bond acceptors (Lipinski definition) is 4. The summed E-state index contributed by atoms with van der Waals surface area (Å²) in [7, 11) is 0. The van der Waals surface area contributed by atoms with Gasteiger partial charge < -0.3 is 15.8 Å². The zero-order valence-corrected chi connectivity index (χ0v) is 9.56. The Morgan fingerprint density at radius 1 is 1.62 bits per heavy atom. The number of aromatic nitrogens is 1. The van der Waals surface area contributed by atoms with Gasteiger partial charge in [0.15, 0.2) is 0 Å². The molecule has 88 valence electrons. The van der Waals surface area contributed by atoms with Gasteiger partial charge in [0, 0.05) is 12.7 Å². The maximum absolute atomic E-state index is 11.6. The Labute approximate surface area is 95.0 Å². The van der Waals surface area contributed by atoms with Crippen molar-refractivity contribution in [2.24, 2.45) is 0 Å². The van der Waals surface area contributed by atoms with E-state index in [2.05, 4.69) is 10.3 Å². The van der Waals surface area contributed by atoms with Crippen molar-refractivity contribution in [1.82, 2.24) is 10.3 Å². The first-order chi connectivity index (χ1) is 7.61. The highest BCUT2D eigenvalue weighted by Gasteiger charge is 2.08. The Kier molecular flexibility index (Phi) is 4.72. The van der Waals surface area contributed by atoms with E-state index in [9.17, 15) is 4.79 Å². The molecule has 1 rings (SSSR count). The Morgan fingerprint density at radius 3 is 3.00 bits per heavy atom. The van der Waals surface area contributed by atoms with Gasteiger partial charge >= 0.3 is 0 Å². The molecule has 0 fully saturated rings. The summed E-state index contributed by atoms with van der Waals surface area (Å²) >= 11 is 0. The molecule has 0 unspecified atom stereocenters. The molecule has 1 heterocycles. The van der Waals surface area contributed by atoms with Crippen molar-refractivity contribution < 1.29 is 9.53 Å². The number of anilines is 1. The third kappa shape index (κ3) is 3.86. The van der Waals surface area contributed by atoms with Crippen LogP contribution in [-0.2, 0) is 4.74 Å². The van der Waals surface area contributed by atoms with Gasteiger partial charge in [0.25, 0.3) is 5.91 Å². The molecule has 0 atom stereocenters. The molecule has 0 saturated heterocycles. The Hall–Kier alpha value is -1.62. The van der Waals surface area contributed by atoms with E-state index in [1.807, 2.05) is 13.8 Å². The van der Waals surface area contributed by atoms with Gasteiger partial charge in [0.1, 0.15) is 0 Å². The second-order valence-electron chi connectivity index (χ2n) is 3.64. The fourth-order valence-electron chi connectivity index (χ4n) is 1.17. The fraction of sp³-hybridized carbons (Fsp3) is 0.455. The summed E-state index contributed by atoms with van der Waals surface area (Å²) in [4.78, 5) is 15.5. The Morgan fingerprint density at radius 2 is 2.38 bits per heavy atom. The number of rotatable bonds is 5. The summed E-state index contributed by atoms with van der Waals surface area (Å²) in [6.45, 7) is 4.86. The lowest BCUT2D eigenvalue weighted by atomic mass is 10.2. The van der Waals surface area contributed by atoms with Crippen molar-refractivity contribution >= 4 is 11.6 Å². The van der Waals surface area contributed by atoms with E-state index in [1.165, 1.54) is 12.4 Å². The first kappa shape index (κ1) is 12.4. The van der Waals surface area contributed by atoms with Crippen molar-refractivity contribution in [3.05, 3.63) is 24.0 Å². The number of nitrogens with two attached hydrogens (primary N) is 1. The maximum Gasteiger partial charge on any atom is 0.253 e. The fourth-order valence-corrected chi connectivity index (χ4v) is 1.17. The van der Waals surface area contributed by atoms with Crippen molar-refractivity contribution in [2.45, 2.75) is 20.0 Å². The second-order valence-corrected chi connectivity index (χ2v) is 3.64. The van der Waals surface area contributed by atoms with Gasteiger partial charge in [-0.25, -0.2) is 0 Å². The highest BCUT2D eigenvalue weighted by atomic mass is 16.5. The monoisotopic (exact) mass is 223 g/mol. The van der Waals surface area contributed by atoms with Crippen LogP contribution in [0.5, 0.6) is 0 Å². The average molecular weight is 223 g/mol. The van der Waals surface area contributed by atoms with Gasteiger partial charge in [-0.05, 0) is 19.9 Å². The lowest BCUT2D eigenvalue weighted by Gasteiger charge is -2.09. The SMILES string of the molecule is CC(C)OCCNC(=O)c1ccncc1N. The average Bonchev–Trinajstić information content (AvgIpc) is 2.24. The molecule has 5 heteroatoms. The van der Waals surface area contributed by atoms with Gasteiger partial charge in [0.05, 0.1) is 30.2 Å². The van der Waals surface area contributed by atoms with Crippen LogP contribution in [0.4, 0.5) is 5.69 Å². The zero-order chi connectivity index (χ0) is 12.0. The van der Waals surface area contributed by atoms with E-state index in [0.29, 0.717) is 24.4 Å². The molecular weight excluding hydrogens is 206 g/mol. The third-order valence-corrected chi connectivity index (χ3v) is 1.94. The van der Waals surface area contributed by atoms with Crippen molar-refractivity contribution in [2.75, 3.05) is 18.9 Å². The number of nitrogens with one attached hydrogen (secondary N) is 1. The van der Waals surface area contributed by atoms with Crippen LogP contribution in [0.25, 0.3) is 0 Å². The number of ether oxygens (including phenoxy) is 1. The van der Waals surface area contributed by atoms with E-state index in [0.717, 1.165) is 0 Å². The molecule has 0 radical (unpaired) electrons. The number of pyridine rings is 1. The van der Waals surface area contributed by atoms with E-state index >= 15 is 0 Å². The lowest BCUT2D eigenvalue weighted by molar-refractivity contribution is 0.0747. The minimum atomic E-state index is -0.202. The van der Waals surface area contributed by atoms with Gasteiger partial charge in [-0.2, -0.15) is 0 Å². The summed E-state index contributed by atoms with van der Waals surface area (Å²) in [5.74, 6) is -0.202. The van der Waals surface area contributed by atoms with E-state index < -0.39 is 0 Å². The molecular formula is C11H17N3O2. The summed E-state index contributed by atoms with van der Waals surface area (Å²) in [6.07, 6.45) is 3.16. The molecule has 0 aromatic carbocycles. The molecule has 0 aliphatic carbocycles. The van der Waals surface area contributed by atoms with Gasteiger partial charge in [-0.15, -0.1) is 0 Å². The number of nitrogen functional groups attached to an aromatic ring is 1. The van der Waals surface area contributed by atoms with Crippen molar-refractivity contribution in [3.8, 4) is 0 Å². The van der Waals surface area contributed by atoms with Gasteiger partial charge in [0.2, 0.25) is 0 Å². The smallest absolute Gasteiger partial charge is 0.253 e. The molecule has 0 aliphatic heterocycles. The number of carbonyl (C=O) groups is 1. The number of hydrogen-bond donors (Lipinski definition) is 2. The summed E-state index contributed by atoms with van der Waals surface area (Å²) < 4.78 is 5.30. The standard InChI is InChI=1S/C11H17N3O2/c1-8(2)16-6-5-14-11(15)9-3-4-13-7-10(9)12/h3-4,7-8H,5-6,12H2,1-2H3,(H,14,15). The predicted molar refractivity (Wildman–Crippen MR) is 62.1 cm³/mol. The van der Waals surface area contributed by atoms with Crippen LogP contribution >= 0.6 is 0 Å². The summed E-state index contributed by atoms with van der Waals surface area (Å²) in [5.41, 5.74) is 6.44. The summed E-state index contributed by atoms with van der Waals surface area (Å²) in [5, 5.41) is 2.72. The number of nitrogens with zero attached hydrogens (tertiary/aromatic N) is 1. The van der Waals surface area contributed by atoms with E-state index in [4.69, 9.17) is 10.5 Å². The molecule has 16 heavy (non-hydrogen) atoms. The third-order valence-electron chi connectivity index (χ3n) is 1.94. The molecule has 3 N–H and O–H groups in total. The lowest BCUT2D eigenvalue weighted by Crippen LogP contribution is -2.28. The minimum Gasteiger partial charge on any atom is -0.397 e. The van der Waals surface area contributed by atoms with Gasteiger partial charge in [-0.3, -0.25) is 9.78 Å². The molecule has 5 nitrogen and oxygen atoms in total. The first-order valence-corrected chi connectivity index (χ1v) is 5.20. The van der Waals surface area contributed by atoms with Crippen LogP contribution in [0.2, 0.25) is 0 Å². The van der Waals surface area contributed by atoms with Crippen LogP contribution in [0.15, 0.2) is 18.5 Å². The molecule has 0 bridgehead atoms. The van der Waals surface area contributed by atoms with Crippen molar-refractivity contribution in [1.29, 1.82) is 0 Å². The first-order valence-electron chi connectivity index (χ1n) is 5.20. The molecule has 1 aromatic heterocycles. The zero-order valence-electron chi connectivity index (χ0n) is 9.56. The highest BCUT2D eigenvalue weighted by molar-refractivity contribution is 5.98. The summed E-state index contributed by atoms with van der Waals surface area (Å²) in [6, 6.07) is 1.59. The normalized spacial score (nSPS) is 10.4. The largest absolute Gasteiger partial charge is 0.397 e. The molecule has 1 aromatic rings. The van der Waals surface area contributed by atoms with Crippen LogP contribution in [0, 0.1) is 0 Å². The number of carbonyl (C=O) groups excluding carboxylic acids is 1. The number of amides is 1. The van der Waals surface area contributed by atoms with Crippen LogP contribution in [-0.4, -0.2) is 30.1 Å². The molecule has 1 amide bonds. The van der Waals surface area contributed by atoms with Crippen LogP contribution in [0.3, 0.4) is 0 Å². The van der Waals surface area contributed by atoms with Crippen molar-refractivity contribution in [3.63, 3.8) is 0 Å².